The van der Waals surface area contributed by atoms with Crippen molar-refractivity contribution >= 4 is 0 Å². The molecule has 0 aliphatic heterocycles. The smallest absolute Gasteiger partial charge is 0.00620 e. The zero-order chi connectivity index (χ0) is 9.73. The highest BCUT2D eigenvalue weighted by Crippen LogP contribution is 2.43. The van der Waals surface area contributed by atoms with Gasteiger partial charge in [-0.1, -0.05) is 27.2 Å². The topological polar surface area (TPSA) is 12.0 Å². The first kappa shape index (κ1) is 11.0. The minimum atomic E-state index is 0.683. The summed E-state index contributed by atoms with van der Waals surface area (Å²) in [6, 6.07) is 0.754. The molecule has 0 radical (unpaired) electrons. The van der Waals surface area contributed by atoms with Crippen LogP contribution in [0.1, 0.15) is 59.3 Å². The Balaban J connectivity index is 2.23. The number of hydrogen-bond donors (Lipinski definition) is 1. The molecular weight excluding hydrogens is 158 g/mol. The second-order valence-corrected chi connectivity index (χ2v) is 4.60. The minimum absolute atomic E-state index is 0.683. The molecule has 0 amide bonds. The van der Waals surface area contributed by atoms with Crippen LogP contribution in [-0.2, 0) is 0 Å². The molecule has 0 unspecified atom stereocenters. The maximum Gasteiger partial charge on any atom is 0.00620 e. The summed E-state index contributed by atoms with van der Waals surface area (Å²) in [5.74, 6) is 0. The van der Waals surface area contributed by atoms with Crippen LogP contribution in [0.5, 0.6) is 0 Å². The maximum atomic E-state index is 3.71. The van der Waals surface area contributed by atoms with Crippen LogP contribution in [0.2, 0.25) is 0 Å². The van der Waals surface area contributed by atoms with Crippen molar-refractivity contribution in [2.75, 3.05) is 6.54 Å². The van der Waals surface area contributed by atoms with Gasteiger partial charge in [-0.2, -0.15) is 0 Å². The highest BCUT2D eigenvalue weighted by Gasteiger charge is 2.34. The second-order valence-electron chi connectivity index (χ2n) is 4.60. The van der Waals surface area contributed by atoms with Gasteiger partial charge in [0.2, 0.25) is 0 Å². The molecule has 1 aliphatic carbocycles. The third-order valence-corrected chi connectivity index (χ3v) is 3.92. The van der Waals surface area contributed by atoms with Crippen LogP contribution in [0, 0.1) is 5.41 Å². The molecule has 0 aromatic carbocycles. The van der Waals surface area contributed by atoms with E-state index in [-0.39, 0.29) is 0 Å². The third-order valence-electron chi connectivity index (χ3n) is 3.92. The Morgan fingerprint density at radius 1 is 1.15 bits per heavy atom. The lowest BCUT2D eigenvalue weighted by Crippen LogP contribution is -2.43. The Morgan fingerprint density at radius 3 is 2.08 bits per heavy atom. The molecule has 0 bridgehead atoms. The summed E-state index contributed by atoms with van der Waals surface area (Å²) < 4.78 is 0. The average molecular weight is 183 g/mol. The molecule has 1 aliphatic rings. The van der Waals surface area contributed by atoms with Crippen LogP contribution in [0.3, 0.4) is 0 Å². The van der Waals surface area contributed by atoms with Crippen LogP contribution >= 0.6 is 0 Å². The van der Waals surface area contributed by atoms with Gasteiger partial charge >= 0.3 is 0 Å². The summed E-state index contributed by atoms with van der Waals surface area (Å²) in [4.78, 5) is 0. The monoisotopic (exact) mass is 183 g/mol. The van der Waals surface area contributed by atoms with E-state index in [1.54, 1.807) is 0 Å². The van der Waals surface area contributed by atoms with Gasteiger partial charge in [0.1, 0.15) is 0 Å². The van der Waals surface area contributed by atoms with Crippen molar-refractivity contribution in [3.8, 4) is 0 Å². The normalized spacial score (nSPS) is 20.3. The standard InChI is InChI=1S/C12H25N/c1-4-11(5-2)13-10-12(6-3)8-7-9-12/h11,13H,4-10H2,1-3H3. The lowest BCUT2D eigenvalue weighted by atomic mass is 9.67. The summed E-state index contributed by atoms with van der Waals surface area (Å²) in [5.41, 5.74) is 0.683. The predicted molar refractivity (Wildman–Crippen MR) is 58.9 cm³/mol. The number of hydrogen-bond acceptors (Lipinski definition) is 1. The van der Waals surface area contributed by atoms with Crippen molar-refractivity contribution in [3.63, 3.8) is 0 Å². The summed E-state index contributed by atoms with van der Waals surface area (Å²) >= 11 is 0. The first-order valence-electron chi connectivity index (χ1n) is 5.99. The van der Waals surface area contributed by atoms with Gasteiger partial charge in [-0.05, 0) is 37.5 Å². The summed E-state index contributed by atoms with van der Waals surface area (Å²) in [6.45, 7) is 8.16. The highest BCUT2D eigenvalue weighted by molar-refractivity contribution is 4.89. The summed E-state index contributed by atoms with van der Waals surface area (Å²) in [7, 11) is 0. The Bertz CT molecular complexity index is 129. The van der Waals surface area contributed by atoms with Gasteiger partial charge in [0.25, 0.3) is 0 Å². The molecule has 1 saturated carbocycles. The molecule has 13 heavy (non-hydrogen) atoms. The van der Waals surface area contributed by atoms with Gasteiger partial charge in [0.15, 0.2) is 0 Å². The zero-order valence-corrected chi connectivity index (χ0v) is 9.53. The molecular formula is C12H25N. The molecule has 0 aromatic rings. The lowest BCUT2D eigenvalue weighted by molar-refractivity contribution is 0.118. The average Bonchev–Trinajstić information content (AvgIpc) is 2.10. The molecule has 1 N–H and O–H groups in total. The van der Waals surface area contributed by atoms with E-state index in [2.05, 4.69) is 26.1 Å². The van der Waals surface area contributed by atoms with Gasteiger partial charge < -0.3 is 5.32 Å². The van der Waals surface area contributed by atoms with E-state index in [4.69, 9.17) is 0 Å². The Morgan fingerprint density at radius 2 is 1.77 bits per heavy atom. The van der Waals surface area contributed by atoms with Crippen LogP contribution < -0.4 is 5.32 Å². The van der Waals surface area contributed by atoms with Crippen LogP contribution in [0.4, 0.5) is 0 Å². The molecule has 1 rings (SSSR count). The zero-order valence-electron chi connectivity index (χ0n) is 9.53. The Labute approximate surface area is 83.3 Å². The van der Waals surface area contributed by atoms with E-state index in [0.717, 1.165) is 6.04 Å². The number of nitrogens with one attached hydrogen (secondary N) is 1. The third kappa shape index (κ3) is 2.70. The molecule has 0 spiro atoms. The first-order valence-corrected chi connectivity index (χ1v) is 5.99. The van der Waals surface area contributed by atoms with Gasteiger partial charge in [-0.3, -0.25) is 0 Å². The van der Waals surface area contributed by atoms with E-state index in [1.807, 2.05) is 0 Å². The first-order chi connectivity index (χ1) is 6.26. The summed E-state index contributed by atoms with van der Waals surface area (Å²) in [5, 5.41) is 3.71. The van der Waals surface area contributed by atoms with Gasteiger partial charge in [-0.15, -0.1) is 0 Å². The van der Waals surface area contributed by atoms with Gasteiger partial charge in [0.05, 0.1) is 0 Å². The summed E-state index contributed by atoms with van der Waals surface area (Å²) in [6.07, 6.45) is 8.28. The molecule has 0 saturated heterocycles. The molecule has 1 heteroatoms. The predicted octanol–water partition coefficient (Wildman–Crippen LogP) is 3.34. The molecule has 0 atom stereocenters. The van der Waals surface area contributed by atoms with Crippen molar-refractivity contribution in [2.45, 2.75) is 65.3 Å². The second kappa shape index (κ2) is 4.99. The van der Waals surface area contributed by atoms with E-state index < -0.39 is 0 Å². The van der Waals surface area contributed by atoms with Crippen molar-refractivity contribution in [1.82, 2.24) is 5.32 Å². The van der Waals surface area contributed by atoms with Gasteiger partial charge in [0, 0.05) is 12.6 Å². The maximum absolute atomic E-state index is 3.71. The van der Waals surface area contributed by atoms with Gasteiger partial charge in [-0.25, -0.2) is 0 Å². The van der Waals surface area contributed by atoms with Crippen molar-refractivity contribution in [3.05, 3.63) is 0 Å². The molecule has 0 aromatic heterocycles. The molecule has 78 valence electrons. The number of rotatable bonds is 6. The fraction of sp³-hybridized carbons (Fsp3) is 1.00. The van der Waals surface area contributed by atoms with Crippen molar-refractivity contribution < 1.29 is 0 Å². The SMILES string of the molecule is CCC(CC)NCC1(CC)CCC1. The van der Waals surface area contributed by atoms with Crippen LogP contribution in [0.15, 0.2) is 0 Å². The molecule has 1 nitrogen and oxygen atoms in total. The van der Waals surface area contributed by atoms with E-state index >= 15 is 0 Å². The Kier molecular flexibility index (Phi) is 4.24. The largest absolute Gasteiger partial charge is 0.313 e. The van der Waals surface area contributed by atoms with Crippen molar-refractivity contribution in [1.29, 1.82) is 0 Å². The molecule has 0 heterocycles. The van der Waals surface area contributed by atoms with E-state index in [9.17, 15) is 0 Å². The molecule has 1 fully saturated rings. The lowest BCUT2D eigenvalue weighted by Gasteiger charge is -2.42. The fourth-order valence-corrected chi connectivity index (χ4v) is 2.27. The van der Waals surface area contributed by atoms with Crippen molar-refractivity contribution in [2.24, 2.45) is 5.41 Å². The highest BCUT2D eigenvalue weighted by atomic mass is 14.9. The minimum Gasteiger partial charge on any atom is -0.313 e. The van der Waals surface area contributed by atoms with Crippen LogP contribution in [0.25, 0.3) is 0 Å². The Hall–Kier alpha value is -0.0400. The van der Waals surface area contributed by atoms with E-state index in [1.165, 1.54) is 45.1 Å². The quantitative estimate of drug-likeness (QED) is 0.666. The fourth-order valence-electron chi connectivity index (χ4n) is 2.27. The van der Waals surface area contributed by atoms with Crippen LogP contribution in [-0.4, -0.2) is 12.6 Å². The van der Waals surface area contributed by atoms with E-state index in [0.29, 0.717) is 5.41 Å².